The van der Waals surface area contributed by atoms with Crippen molar-refractivity contribution >= 4 is 9.84 Å². The predicted octanol–water partition coefficient (Wildman–Crippen LogP) is 1.55. The molecule has 0 spiro atoms. The fourth-order valence-electron chi connectivity index (χ4n) is 2.86. The highest BCUT2D eigenvalue weighted by Crippen LogP contribution is 2.20. The minimum atomic E-state index is -2.87. The van der Waals surface area contributed by atoms with E-state index in [4.69, 9.17) is 0 Å². The van der Waals surface area contributed by atoms with Crippen LogP contribution in [0, 0.1) is 0 Å². The molecule has 0 bridgehead atoms. The molecule has 1 fully saturated rings. The van der Waals surface area contributed by atoms with Gasteiger partial charge >= 0.3 is 0 Å². The van der Waals surface area contributed by atoms with Crippen LogP contribution in [0.3, 0.4) is 0 Å². The average molecular weight is 332 g/mol. The minimum absolute atomic E-state index is 0.0977. The van der Waals surface area contributed by atoms with Gasteiger partial charge in [0.25, 0.3) is 0 Å². The van der Waals surface area contributed by atoms with Crippen molar-refractivity contribution in [2.75, 3.05) is 18.1 Å². The highest BCUT2D eigenvalue weighted by Gasteiger charge is 2.31. The van der Waals surface area contributed by atoms with Gasteiger partial charge in [-0.2, -0.15) is 0 Å². The lowest BCUT2D eigenvalue weighted by Crippen LogP contribution is -2.35. The molecule has 3 heterocycles. The Morgan fingerprint density at radius 1 is 1.22 bits per heavy atom. The fraction of sp³-hybridized carbons (Fsp3) is 0.438. The Labute approximate surface area is 136 Å². The van der Waals surface area contributed by atoms with Crippen molar-refractivity contribution < 1.29 is 8.42 Å². The Kier molecular flexibility index (Phi) is 4.68. The van der Waals surface area contributed by atoms with Gasteiger partial charge in [-0.3, -0.25) is 9.88 Å². The van der Waals surface area contributed by atoms with Gasteiger partial charge in [-0.05, 0) is 25.1 Å². The molecule has 6 nitrogen and oxygen atoms in total. The predicted molar refractivity (Wildman–Crippen MR) is 88.4 cm³/mol. The monoisotopic (exact) mass is 332 g/mol. The number of sulfone groups is 1. The van der Waals surface area contributed by atoms with Crippen LogP contribution in [0.2, 0.25) is 0 Å². The smallest absolute Gasteiger partial charge is 0.178 e. The quantitative estimate of drug-likeness (QED) is 0.827. The van der Waals surface area contributed by atoms with Crippen LogP contribution in [0.1, 0.15) is 18.9 Å². The highest BCUT2D eigenvalue weighted by molar-refractivity contribution is 7.91. The Bertz CT molecular complexity index is 747. The van der Waals surface area contributed by atoms with E-state index in [1.807, 2.05) is 25.1 Å². The first-order chi connectivity index (χ1) is 11.1. The summed E-state index contributed by atoms with van der Waals surface area (Å²) >= 11 is 0. The first-order valence-corrected chi connectivity index (χ1v) is 9.56. The fourth-order valence-corrected chi connectivity index (χ4v) is 4.62. The molecule has 0 N–H and O–H groups in total. The van der Waals surface area contributed by atoms with Crippen LogP contribution in [0.4, 0.5) is 0 Å². The van der Waals surface area contributed by atoms with Crippen LogP contribution in [0.5, 0.6) is 0 Å². The van der Waals surface area contributed by atoms with Gasteiger partial charge in [0, 0.05) is 36.7 Å². The maximum Gasteiger partial charge on any atom is 0.178 e. The molecule has 0 aromatic carbocycles. The zero-order valence-electron chi connectivity index (χ0n) is 13.1. The molecule has 1 saturated heterocycles. The first kappa shape index (κ1) is 16.0. The maximum atomic E-state index is 11.7. The third kappa shape index (κ3) is 3.92. The van der Waals surface area contributed by atoms with E-state index in [9.17, 15) is 8.42 Å². The van der Waals surface area contributed by atoms with Gasteiger partial charge in [-0.25, -0.2) is 18.4 Å². The molecular weight excluding hydrogens is 312 g/mol. The topological polar surface area (TPSA) is 76.1 Å². The van der Waals surface area contributed by atoms with Crippen molar-refractivity contribution in [2.24, 2.45) is 0 Å². The van der Waals surface area contributed by atoms with E-state index < -0.39 is 9.84 Å². The number of rotatable bonds is 5. The van der Waals surface area contributed by atoms with Gasteiger partial charge in [0.05, 0.1) is 11.5 Å². The normalized spacial score (nSPS) is 20.0. The van der Waals surface area contributed by atoms with Crippen molar-refractivity contribution in [1.82, 2.24) is 19.9 Å². The molecule has 1 aliphatic rings. The largest absolute Gasteiger partial charge is 0.295 e. The van der Waals surface area contributed by atoms with E-state index in [1.54, 1.807) is 18.6 Å². The minimum Gasteiger partial charge on any atom is -0.295 e. The van der Waals surface area contributed by atoms with Crippen LogP contribution in [0.15, 0.2) is 36.8 Å². The zero-order valence-corrected chi connectivity index (χ0v) is 13.9. The van der Waals surface area contributed by atoms with Gasteiger partial charge in [0.1, 0.15) is 5.69 Å². The van der Waals surface area contributed by atoms with E-state index >= 15 is 0 Å². The van der Waals surface area contributed by atoms with Crippen LogP contribution >= 0.6 is 0 Å². The SMILES string of the molecule is CCN(Cc1cnc(-c2ccccn2)nc1)C1CCS(=O)(=O)C1. The second-order valence-electron chi connectivity index (χ2n) is 5.75. The summed E-state index contributed by atoms with van der Waals surface area (Å²) in [6, 6.07) is 5.72. The summed E-state index contributed by atoms with van der Waals surface area (Å²) in [5.41, 5.74) is 1.73. The second kappa shape index (κ2) is 6.72. The molecule has 2 aromatic heterocycles. The number of hydrogen-bond donors (Lipinski definition) is 0. The van der Waals surface area contributed by atoms with Gasteiger partial charge in [-0.1, -0.05) is 13.0 Å². The lowest BCUT2D eigenvalue weighted by atomic mass is 10.2. The molecule has 122 valence electrons. The molecule has 23 heavy (non-hydrogen) atoms. The van der Waals surface area contributed by atoms with Gasteiger partial charge < -0.3 is 0 Å². The zero-order chi connectivity index (χ0) is 16.3. The highest BCUT2D eigenvalue weighted by atomic mass is 32.2. The Hall–Kier alpha value is -1.86. The molecule has 0 aliphatic carbocycles. The summed E-state index contributed by atoms with van der Waals surface area (Å²) in [5.74, 6) is 1.15. The Morgan fingerprint density at radius 2 is 2.00 bits per heavy atom. The summed E-state index contributed by atoms with van der Waals surface area (Å²) in [6.07, 6.45) is 6.02. The molecule has 0 radical (unpaired) electrons. The van der Waals surface area contributed by atoms with Crippen LogP contribution in [-0.2, 0) is 16.4 Å². The van der Waals surface area contributed by atoms with Gasteiger partial charge in [-0.15, -0.1) is 0 Å². The van der Waals surface area contributed by atoms with E-state index in [2.05, 4.69) is 19.9 Å². The lowest BCUT2D eigenvalue weighted by Gasteiger charge is -2.26. The summed E-state index contributed by atoms with van der Waals surface area (Å²) in [6.45, 7) is 3.52. The van der Waals surface area contributed by atoms with Crippen molar-refractivity contribution in [3.05, 3.63) is 42.4 Å². The van der Waals surface area contributed by atoms with Crippen molar-refractivity contribution in [3.63, 3.8) is 0 Å². The standard InChI is InChI=1S/C16H20N4O2S/c1-2-20(14-6-8-23(21,22)12-14)11-13-9-18-16(19-10-13)15-5-3-4-7-17-15/h3-5,7,9-10,14H,2,6,8,11-12H2,1H3. The summed E-state index contributed by atoms with van der Waals surface area (Å²) in [5, 5.41) is 0. The molecule has 0 saturated carbocycles. The first-order valence-electron chi connectivity index (χ1n) is 7.74. The molecular formula is C16H20N4O2S. The number of aromatic nitrogens is 3. The molecule has 1 atom stereocenters. The third-order valence-electron chi connectivity index (χ3n) is 4.12. The van der Waals surface area contributed by atoms with Crippen molar-refractivity contribution in [1.29, 1.82) is 0 Å². The Morgan fingerprint density at radius 3 is 2.57 bits per heavy atom. The lowest BCUT2D eigenvalue weighted by molar-refractivity contribution is 0.214. The van der Waals surface area contributed by atoms with Crippen LogP contribution in [0.25, 0.3) is 11.5 Å². The Balaban J connectivity index is 1.70. The molecule has 0 amide bonds. The maximum absolute atomic E-state index is 11.7. The molecule has 1 aliphatic heterocycles. The average Bonchev–Trinajstić information content (AvgIpc) is 2.94. The van der Waals surface area contributed by atoms with E-state index in [-0.39, 0.29) is 11.8 Å². The van der Waals surface area contributed by atoms with Crippen LogP contribution < -0.4 is 0 Å². The summed E-state index contributed by atoms with van der Waals surface area (Å²) < 4.78 is 23.3. The molecule has 1 unspecified atom stereocenters. The molecule has 7 heteroatoms. The van der Waals surface area contributed by atoms with Crippen LogP contribution in [-0.4, -0.2) is 52.4 Å². The third-order valence-corrected chi connectivity index (χ3v) is 5.87. The van der Waals surface area contributed by atoms with E-state index in [0.29, 0.717) is 24.5 Å². The van der Waals surface area contributed by atoms with E-state index in [1.165, 1.54) is 0 Å². The molecule has 3 rings (SSSR count). The van der Waals surface area contributed by atoms with Gasteiger partial charge in [0.2, 0.25) is 0 Å². The number of pyridine rings is 1. The summed E-state index contributed by atoms with van der Waals surface area (Å²) in [7, 11) is -2.87. The van der Waals surface area contributed by atoms with Crippen molar-refractivity contribution in [2.45, 2.75) is 25.9 Å². The number of nitrogens with zero attached hydrogens (tertiary/aromatic N) is 4. The van der Waals surface area contributed by atoms with Gasteiger partial charge in [0.15, 0.2) is 15.7 Å². The second-order valence-corrected chi connectivity index (χ2v) is 7.98. The van der Waals surface area contributed by atoms with Crippen molar-refractivity contribution in [3.8, 4) is 11.5 Å². The molecule has 2 aromatic rings. The summed E-state index contributed by atoms with van der Waals surface area (Å²) in [4.78, 5) is 15.2. The van der Waals surface area contributed by atoms with E-state index in [0.717, 1.165) is 17.8 Å². The number of hydrogen-bond acceptors (Lipinski definition) is 6.